The first-order valence-corrected chi connectivity index (χ1v) is 9.82. The first-order valence-electron chi connectivity index (χ1n) is 9.82. The van der Waals surface area contributed by atoms with Crippen molar-refractivity contribution in [3.05, 3.63) is 47.5 Å². The van der Waals surface area contributed by atoms with Crippen molar-refractivity contribution < 1.29 is 36.0 Å². The van der Waals surface area contributed by atoms with Crippen molar-refractivity contribution >= 4 is 34.5 Å². The van der Waals surface area contributed by atoms with Crippen LogP contribution in [0.4, 0.5) is 38.4 Å². The second-order valence-electron chi connectivity index (χ2n) is 7.70. The Morgan fingerprint density at radius 1 is 1.21 bits per heavy atom. The highest BCUT2D eigenvalue weighted by Crippen LogP contribution is 2.39. The summed E-state index contributed by atoms with van der Waals surface area (Å²) in [6, 6.07) is -2.58. The number of furan rings is 1. The largest absolute Gasteiger partial charge is 0.455 e. The molecule has 4 rings (SSSR count). The molecular weight excluding hydrogens is 467 g/mol. The van der Waals surface area contributed by atoms with Crippen LogP contribution in [-0.4, -0.2) is 41.2 Å². The topological polar surface area (TPSA) is 126 Å². The smallest absolute Gasteiger partial charge is 0.416 e. The third-order valence-electron chi connectivity index (χ3n) is 5.32. The summed E-state index contributed by atoms with van der Waals surface area (Å²) < 4.78 is 73.7. The zero-order chi connectivity index (χ0) is 24.8. The molecule has 0 aliphatic carbocycles. The van der Waals surface area contributed by atoms with Gasteiger partial charge in [0.05, 0.1) is 24.0 Å². The Kier molecular flexibility index (Phi) is 5.75. The third kappa shape index (κ3) is 4.43. The molecule has 1 aromatic carbocycles. The summed E-state index contributed by atoms with van der Waals surface area (Å²) in [6.45, 7) is 1.86. The Bertz CT molecular complexity index is 1250. The quantitative estimate of drug-likeness (QED) is 0.478. The number of nitrogens with one attached hydrogen (secondary N) is 2. The molecule has 34 heavy (non-hydrogen) atoms. The number of carbonyl (C=O) groups is 2. The van der Waals surface area contributed by atoms with E-state index in [2.05, 4.69) is 15.3 Å². The summed E-state index contributed by atoms with van der Waals surface area (Å²) in [7, 11) is 0. The van der Waals surface area contributed by atoms with E-state index in [-0.39, 0.29) is 28.5 Å². The van der Waals surface area contributed by atoms with E-state index in [1.165, 1.54) is 19.3 Å². The Hall–Kier alpha value is -3.97. The maximum absolute atomic E-state index is 14.0. The highest BCUT2D eigenvalue weighted by atomic mass is 19.4. The molecule has 1 fully saturated rings. The van der Waals surface area contributed by atoms with Crippen LogP contribution in [0.5, 0.6) is 0 Å². The number of anilines is 2. The number of rotatable bonds is 5. The minimum atomic E-state index is -5.01. The van der Waals surface area contributed by atoms with E-state index >= 15 is 0 Å². The third-order valence-corrected chi connectivity index (χ3v) is 5.32. The van der Waals surface area contributed by atoms with Gasteiger partial charge in [0, 0.05) is 30.1 Å². The molecule has 1 saturated heterocycles. The van der Waals surface area contributed by atoms with Gasteiger partial charge < -0.3 is 25.7 Å². The molecule has 3 heterocycles. The predicted octanol–water partition coefficient (Wildman–Crippen LogP) is 3.16. The summed E-state index contributed by atoms with van der Waals surface area (Å²) in [5.74, 6) is -3.45. The van der Waals surface area contributed by atoms with Gasteiger partial charge in [0.25, 0.3) is 0 Å². The molecule has 2 aromatic heterocycles. The van der Waals surface area contributed by atoms with Crippen molar-refractivity contribution in [2.45, 2.75) is 19.1 Å². The lowest BCUT2D eigenvalue weighted by Gasteiger charge is -2.37. The summed E-state index contributed by atoms with van der Waals surface area (Å²) >= 11 is 0. The van der Waals surface area contributed by atoms with Gasteiger partial charge in [0.1, 0.15) is 11.6 Å². The van der Waals surface area contributed by atoms with Crippen LogP contribution in [0.3, 0.4) is 0 Å². The second kappa shape index (κ2) is 8.43. The number of benzene rings is 1. The van der Waals surface area contributed by atoms with Crippen molar-refractivity contribution in [1.82, 2.24) is 15.3 Å². The molecule has 1 aliphatic rings. The lowest BCUT2D eigenvalue weighted by atomic mass is 10.0. The number of amides is 3. The number of hydrogen-bond acceptors (Lipinski definition) is 6. The minimum Gasteiger partial charge on any atom is -0.455 e. The van der Waals surface area contributed by atoms with Gasteiger partial charge in [-0.1, -0.05) is 0 Å². The monoisotopic (exact) mass is 484 g/mol. The second-order valence-corrected chi connectivity index (χ2v) is 7.70. The molecule has 9 nitrogen and oxygen atoms in total. The molecule has 0 saturated carbocycles. The Labute approximate surface area is 188 Å². The average Bonchev–Trinajstić information content (AvgIpc) is 3.02. The fraction of sp³-hybridized carbons (Fsp3) is 0.300. The van der Waals surface area contributed by atoms with Gasteiger partial charge in [-0.25, -0.2) is 23.5 Å². The average molecular weight is 484 g/mol. The first kappa shape index (κ1) is 23.2. The number of alkyl halides is 3. The van der Waals surface area contributed by atoms with E-state index in [0.29, 0.717) is 19.2 Å². The van der Waals surface area contributed by atoms with Gasteiger partial charge >= 0.3 is 12.2 Å². The molecule has 3 amide bonds. The molecule has 1 aliphatic heterocycles. The van der Waals surface area contributed by atoms with E-state index < -0.39 is 47.1 Å². The molecule has 180 valence electrons. The Morgan fingerprint density at radius 2 is 1.85 bits per heavy atom. The van der Waals surface area contributed by atoms with Crippen molar-refractivity contribution in [3.63, 3.8) is 0 Å². The maximum atomic E-state index is 14.0. The van der Waals surface area contributed by atoms with Gasteiger partial charge in [-0.15, -0.1) is 0 Å². The van der Waals surface area contributed by atoms with Crippen LogP contribution >= 0.6 is 0 Å². The van der Waals surface area contributed by atoms with Crippen LogP contribution in [0.1, 0.15) is 17.4 Å². The molecule has 3 aromatic rings. The Morgan fingerprint density at radius 3 is 2.44 bits per heavy atom. The molecule has 0 spiro atoms. The van der Waals surface area contributed by atoms with Crippen molar-refractivity contribution in [2.75, 3.05) is 23.3 Å². The van der Waals surface area contributed by atoms with E-state index in [1.54, 1.807) is 10.2 Å². The molecule has 1 atom stereocenters. The van der Waals surface area contributed by atoms with Gasteiger partial charge in [-0.2, -0.15) is 13.2 Å². The number of nitrogens with zero attached hydrogens (tertiary/aromatic N) is 3. The number of primary amides is 1. The zero-order valence-electron chi connectivity index (χ0n) is 17.4. The van der Waals surface area contributed by atoms with Crippen molar-refractivity contribution in [2.24, 2.45) is 11.7 Å². The number of urea groups is 1. The highest BCUT2D eigenvalue weighted by Gasteiger charge is 2.45. The normalized spacial score (nSPS) is 15.2. The first-order chi connectivity index (χ1) is 15.9. The maximum Gasteiger partial charge on any atom is 0.416 e. The number of aryl methyl sites for hydroxylation is 1. The summed E-state index contributed by atoms with van der Waals surface area (Å²) in [6.07, 6.45) is -2.67. The standard InChI is InChI=1S/C20H17F5N6O3/c1-8-12-2-10(21)3-13(22)15(12)34-14(8)16(20(23,24)25)30-19(33)29-11-4-27-18(28-5-11)31-6-9(7-31)17(26)32/h2-5,9,16H,6-7H2,1H3,(H2,26,32)(H2,29,30,33)/t16-/m0/s1. The highest BCUT2D eigenvalue weighted by molar-refractivity contribution is 5.89. The van der Waals surface area contributed by atoms with Gasteiger partial charge in [-0.05, 0) is 13.0 Å². The number of halogens is 5. The SMILES string of the molecule is Cc1c([C@H](NC(=O)Nc2cnc(N3CC(C(N)=O)C3)nc2)C(F)(F)F)oc2c(F)cc(F)cc12. The van der Waals surface area contributed by atoms with Gasteiger partial charge in [0.15, 0.2) is 17.4 Å². The number of hydrogen-bond donors (Lipinski definition) is 3. The molecule has 4 N–H and O–H groups in total. The lowest BCUT2D eigenvalue weighted by Crippen LogP contribution is -2.53. The van der Waals surface area contributed by atoms with Crippen molar-refractivity contribution in [3.8, 4) is 0 Å². The van der Waals surface area contributed by atoms with Crippen LogP contribution < -0.4 is 21.3 Å². The van der Waals surface area contributed by atoms with Crippen LogP contribution in [0, 0.1) is 24.5 Å². The summed E-state index contributed by atoms with van der Waals surface area (Å²) in [5, 5.41) is 3.72. The van der Waals surface area contributed by atoms with E-state index in [9.17, 15) is 31.5 Å². The molecule has 0 bridgehead atoms. The predicted molar refractivity (Wildman–Crippen MR) is 109 cm³/mol. The number of aromatic nitrogens is 2. The molecular formula is C20H17F5N6O3. The van der Waals surface area contributed by atoms with Crippen LogP contribution in [0.2, 0.25) is 0 Å². The number of carbonyl (C=O) groups excluding carboxylic acids is 2. The number of nitrogens with two attached hydrogens (primary N) is 1. The lowest BCUT2D eigenvalue weighted by molar-refractivity contribution is -0.158. The number of fused-ring (bicyclic) bond motifs is 1. The summed E-state index contributed by atoms with van der Waals surface area (Å²) in [4.78, 5) is 33.0. The van der Waals surface area contributed by atoms with E-state index in [4.69, 9.17) is 10.2 Å². The summed E-state index contributed by atoms with van der Waals surface area (Å²) in [5.41, 5.74) is 4.45. The van der Waals surface area contributed by atoms with Gasteiger partial charge in [0.2, 0.25) is 11.9 Å². The Balaban J connectivity index is 1.49. The minimum absolute atomic E-state index is 0.0106. The van der Waals surface area contributed by atoms with Crippen molar-refractivity contribution in [1.29, 1.82) is 0 Å². The van der Waals surface area contributed by atoms with Gasteiger partial charge in [-0.3, -0.25) is 4.79 Å². The van der Waals surface area contributed by atoms with Crippen LogP contribution in [0.15, 0.2) is 28.9 Å². The molecule has 14 heteroatoms. The zero-order valence-corrected chi connectivity index (χ0v) is 17.4. The van der Waals surface area contributed by atoms with E-state index in [0.717, 1.165) is 6.07 Å². The van der Waals surface area contributed by atoms with Crippen LogP contribution in [0.25, 0.3) is 11.0 Å². The fourth-order valence-corrected chi connectivity index (χ4v) is 3.50. The molecule has 0 unspecified atom stereocenters. The van der Waals surface area contributed by atoms with Crippen LogP contribution in [-0.2, 0) is 4.79 Å². The van der Waals surface area contributed by atoms with E-state index in [1.807, 2.05) is 0 Å². The fourth-order valence-electron chi connectivity index (χ4n) is 3.50. The molecule has 0 radical (unpaired) electrons.